The van der Waals surface area contributed by atoms with Crippen LogP contribution in [-0.2, 0) is 6.42 Å². The molecule has 4 N–H and O–H groups in total. The SMILES string of the molecule is CCc1ccc2nc(C(c3ccc(OC)c(OC)c3)N(N)/C=C(\N)CCN(C)C)sc2c1. The van der Waals surface area contributed by atoms with Crippen molar-refractivity contribution in [2.75, 3.05) is 34.9 Å². The summed E-state index contributed by atoms with van der Waals surface area (Å²) in [7, 11) is 7.29. The number of aromatic nitrogens is 1. The molecule has 0 aliphatic heterocycles. The van der Waals surface area contributed by atoms with E-state index >= 15 is 0 Å². The Hall–Kier alpha value is -2.81. The van der Waals surface area contributed by atoms with Crippen LogP contribution in [0.15, 0.2) is 48.3 Å². The largest absolute Gasteiger partial charge is 0.493 e. The van der Waals surface area contributed by atoms with E-state index in [0.29, 0.717) is 17.2 Å². The zero-order chi connectivity index (χ0) is 23.3. The van der Waals surface area contributed by atoms with Crippen molar-refractivity contribution in [1.82, 2.24) is 14.9 Å². The van der Waals surface area contributed by atoms with Crippen molar-refractivity contribution < 1.29 is 9.47 Å². The van der Waals surface area contributed by atoms with Crippen LogP contribution in [0, 0.1) is 0 Å². The van der Waals surface area contributed by atoms with Gasteiger partial charge in [-0.2, -0.15) is 0 Å². The van der Waals surface area contributed by atoms with Crippen molar-refractivity contribution >= 4 is 21.6 Å². The van der Waals surface area contributed by atoms with Crippen molar-refractivity contribution in [1.29, 1.82) is 0 Å². The molecule has 172 valence electrons. The van der Waals surface area contributed by atoms with E-state index in [1.54, 1.807) is 36.8 Å². The molecule has 0 aliphatic carbocycles. The van der Waals surface area contributed by atoms with Gasteiger partial charge in [0.15, 0.2) is 11.5 Å². The summed E-state index contributed by atoms with van der Waals surface area (Å²) in [6.45, 7) is 3.00. The molecule has 1 atom stereocenters. The van der Waals surface area contributed by atoms with Crippen molar-refractivity contribution in [3.05, 3.63) is 64.4 Å². The Balaban J connectivity index is 2.06. The Labute approximate surface area is 194 Å². The van der Waals surface area contributed by atoms with Gasteiger partial charge in [-0.15, -0.1) is 11.3 Å². The highest BCUT2D eigenvalue weighted by Crippen LogP contribution is 2.37. The Morgan fingerprint density at radius 2 is 1.88 bits per heavy atom. The van der Waals surface area contributed by atoms with Crippen molar-refractivity contribution in [3.63, 3.8) is 0 Å². The van der Waals surface area contributed by atoms with Gasteiger partial charge in [0, 0.05) is 24.9 Å². The smallest absolute Gasteiger partial charge is 0.161 e. The minimum atomic E-state index is -0.324. The molecule has 1 heterocycles. The van der Waals surface area contributed by atoms with Crippen LogP contribution in [0.1, 0.15) is 35.5 Å². The molecule has 0 saturated carbocycles. The van der Waals surface area contributed by atoms with Gasteiger partial charge in [0.2, 0.25) is 0 Å². The minimum absolute atomic E-state index is 0.324. The number of hydrogen-bond donors (Lipinski definition) is 2. The number of ether oxygens (including phenoxy) is 2. The maximum atomic E-state index is 6.59. The first kappa shape index (κ1) is 23.8. The van der Waals surface area contributed by atoms with Gasteiger partial charge in [-0.25, -0.2) is 10.8 Å². The lowest BCUT2D eigenvalue weighted by atomic mass is 10.1. The number of hydrogen-bond acceptors (Lipinski definition) is 8. The topological polar surface area (TPSA) is 89.9 Å². The average Bonchev–Trinajstić information content (AvgIpc) is 3.20. The van der Waals surface area contributed by atoms with Crippen LogP contribution < -0.4 is 21.1 Å². The van der Waals surface area contributed by atoms with E-state index in [1.165, 1.54) is 5.56 Å². The molecule has 7 nitrogen and oxygen atoms in total. The molecule has 0 aliphatic rings. The summed E-state index contributed by atoms with van der Waals surface area (Å²) in [6, 6.07) is 11.9. The first-order valence-corrected chi connectivity index (χ1v) is 11.4. The molecular weight excluding hydrogens is 422 g/mol. The van der Waals surface area contributed by atoms with Gasteiger partial charge in [-0.1, -0.05) is 19.1 Å². The molecule has 0 amide bonds. The van der Waals surface area contributed by atoms with Crippen LogP contribution in [-0.4, -0.2) is 49.8 Å². The maximum Gasteiger partial charge on any atom is 0.161 e. The molecule has 1 unspecified atom stereocenters. The first-order valence-electron chi connectivity index (χ1n) is 10.6. The molecule has 2 aromatic carbocycles. The van der Waals surface area contributed by atoms with Crippen molar-refractivity contribution in [3.8, 4) is 11.5 Å². The molecule has 0 spiro atoms. The fourth-order valence-electron chi connectivity index (χ4n) is 3.47. The molecule has 32 heavy (non-hydrogen) atoms. The Bertz CT molecular complexity index is 1080. The summed E-state index contributed by atoms with van der Waals surface area (Å²) in [6.07, 6.45) is 3.50. The van der Waals surface area contributed by atoms with Gasteiger partial charge in [-0.05, 0) is 55.9 Å². The minimum Gasteiger partial charge on any atom is -0.493 e. The van der Waals surface area contributed by atoms with Crippen LogP contribution in [0.25, 0.3) is 10.2 Å². The molecule has 0 radical (unpaired) electrons. The van der Waals surface area contributed by atoms with E-state index in [0.717, 1.165) is 40.2 Å². The zero-order valence-corrected chi connectivity index (χ0v) is 20.3. The van der Waals surface area contributed by atoms with E-state index in [1.807, 2.05) is 32.3 Å². The Kier molecular flexibility index (Phi) is 7.95. The lowest BCUT2D eigenvalue weighted by molar-refractivity contribution is 0.319. The second-order valence-electron chi connectivity index (χ2n) is 7.93. The summed E-state index contributed by atoms with van der Waals surface area (Å²) in [5.41, 5.74) is 10.2. The van der Waals surface area contributed by atoms with Crippen molar-refractivity contribution in [2.45, 2.75) is 25.8 Å². The third-order valence-corrected chi connectivity index (χ3v) is 6.37. The fraction of sp³-hybridized carbons (Fsp3) is 0.375. The standard InChI is InChI=1S/C24H33N5O2S/c1-6-16-7-9-19-22(13-16)32-24(27-19)23(29(26)15-18(25)11-12-28(2)3)17-8-10-20(30-4)21(14-17)31-5/h7-10,13-15,23H,6,11-12,25-26H2,1-5H3/b18-15-. The molecule has 3 rings (SSSR count). The number of thiazole rings is 1. The highest BCUT2D eigenvalue weighted by atomic mass is 32.1. The van der Waals surface area contributed by atoms with Gasteiger partial charge >= 0.3 is 0 Å². The van der Waals surface area contributed by atoms with E-state index in [9.17, 15) is 0 Å². The fourth-order valence-corrected chi connectivity index (χ4v) is 4.64. The van der Waals surface area contributed by atoms with Gasteiger partial charge in [-0.3, -0.25) is 0 Å². The number of nitrogens with two attached hydrogens (primary N) is 2. The number of methoxy groups -OCH3 is 2. The number of aryl methyl sites for hydroxylation is 1. The van der Waals surface area contributed by atoms with Crippen molar-refractivity contribution in [2.24, 2.45) is 11.6 Å². The van der Waals surface area contributed by atoms with Gasteiger partial charge in [0.1, 0.15) is 11.0 Å². The summed E-state index contributed by atoms with van der Waals surface area (Å²) < 4.78 is 12.1. The third kappa shape index (κ3) is 5.51. The van der Waals surface area contributed by atoms with Gasteiger partial charge in [0.05, 0.1) is 24.4 Å². The predicted molar refractivity (Wildman–Crippen MR) is 132 cm³/mol. The normalized spacial score (nSPS) is 12.9. The van der Waals surface area contributed by atoms with E-state index < -0.39 is 0 Å². The highest BCUT2D eigenvalue weighted by molar-refractivity contribution is 7.18. The Morgan fingerprint density at radius 1 is 1.12 bits per heavy atom. The zero-order valence-electron chi connectivity index (χ0n) is 19.5. The second-order valence-corrected chi connectivity index (χ2v) is 8.99. The number of nitrogens with zero attached hydrogens (tertiary/aromatic N) is 3. The number of hydrazine groups is 1. The predicted octanol–water partition coefficient (Wildman–Crippen LogP) is 3.89. The summed E-state index contributed by atoms with van der Waals surface area (Å²) in [4.78, 5) is 7.00. The molecule has 0 fully saturated rings. The van der Waals surface area contributed by atoms with Gasteiger partial charge < -0.3 is 25.1 Å². The van der Waals surface area contributed by atoms with Gasteiger partial charge in [0.25, 0.3) is 0 Å². The quantitative estimate of drug-likeness (QED) is 0.354. The van der Waals surface area contributed by atoms with E-state index in [4.69, 9.17) is 26.0 Å². The molecule has 0 saturated heterocycles. The van der Waals surface area contributed by atoms with Crippen LogP contribution in [0.3, 0.4) is 0 Å². The van der Waals surface area contributed by atoms with E-state index in [-0.39, 0.29) is 6.04 Å². The molecule has 8 heteroatoms. The number of rotatable bonds is 10. The maximum absolute atomic E-state index is 6.59. The Morgan fingerprint density at radius 3 is 2.53 bits per heavy atom. The number of fused-ring (bicyclic) bond motifs is 1. The second kappa shape index (κ2) is 10.7. The van der Waals surface area contributed by atoms with Crippen LogP contribution >= 0.6 is 11.3 Å². The average molecular weight is 456 g/mol. The van der Waals surface area contributed by atoms with Crippen LogP contribution in [0.4, 0.5) is 0 Å². The van der Waals surface area contributed by atoms with E-state index in [2.05, 4.69) is 30.0 Å². The monoisotopic (exact) mass is 455 g/mol. The van der Waals surface area contributed by atoms with Crippen LogP contribution in [0.2, 0.25) is 0 Å². The van der Waals surface area contributed by atoms with Crippen LogP contribution in [0.5, 0.6) is 11.5 Å². The lowest BCUT2D eigenvalue weighted by Crippen LogP contribution is -2.32. The first-order chi connectivity index (χ1) is 15.4. The molecule has 1 aromatic heterocycles. The highest BCUT2D eigenvalue weighted by Gasteiger charge is 2.24. The molecular formula is C24H33N5O2S. The molecule has 3 aromatic rings. The lowest BCUT2D eigenvalue weighted by Gasteiger charge is -2.26. The molecule has 0 bridgehead atoms. The number of benzene rings is 2. The summed E-state index contributed by atoms with van der Waals surface area (Å²) >= 11 is 1.64. The third-order valence-electron chi connectivity index (χ3n) is 5.30. The summed E-state index contributed by atoms with van der Waals surface area (Å²) in [5, 5.41) is 2.53. The summed E-state index contributed by atoms with van der Waals surface area (Å²) in [5.74, 6) is 7.89.